The van der Waals surface area contributed by atoms with Crippen LogP contribution in [0.4, 0.5) is 0 Å². The Labute approximate surface area is 90.1 Å². The molecule has 0 aliphatic carbocycles. The molecule has 15 heavy (non-hydrogen) atoms. The highest BCUT2D eigenvalue weighted by atomic mass is 16.7. The van der Waals surface area contributed by atoms with E-state index < -0.39 is 0 Å². The molecular weight excluding hydrogens is 198 g/mol. The van der Waals surface area contributed by atoms with Gasteiger partial charge in [-0.05, 0) is 6.92 Å². The minimum absolute atomic E-state index is 0.0670. The molecule has 0 bridgehead atoms. The molecule has 0 aromatic rings. The van der Waals surface area contributed by atoms with E-state index in [2.05, 4.69) is 5.32 Å². The molecule has 88 valence electrons. The molecule has 1 aliphatic rings. The van der Waals surface area contributed by atoms with Crippen molar-refractivity contribution in [3.05, 3.63) is 0 Å². The average Bonchev–Trinajstić information content (AvgIpc) is 2.20. The van der Waals surface area contributed by atoms with Gasteiger partial charge in [0, 0.05) is 27.6 Å². The van der Waals surface area contributed by atoms with E-state index in [0.717, 1.165) is 0 Å². The molecular formula is C10H19NO4. The third kappa shape index (κ3) is 3.15. The van der Waals surface area contributed by atoms with Gasteiger partial charge < -0.3 is 19.5 Å². The molecule has 1 saturated heterocycles. The molecule has 0 aromatic heterocycles. The topological polar surface area (TPSA) is 56.8 Å². The second kappa shape index (κ2) is 5.44. The highest BCUT2D eigenvalue weighted by molar-refractivity contribution is 5.73. The molecule has 1 fully saturated rings. The number of nitrogens with one attached hydrogen (secondary N) is 1. The van der Waals surface area contributed by atoms with Crippen molar-refractivity contribution in [2.75, 3.05) is 14.2 Å². The third-order valence-electron chi connectivity index (χ3n) is 2.63. The maximum atomic E-state index is 11.0. The third-order valence-corrected chi connectivity index (χ3v) is 2.63. The Hall–Kier alpha value is -0.650. The van der Waals surface area contributed by atoms with Gasteiger partial charge >= 0.3 is 0 Å². The summed E-state index contributed by atoms with van der Waals surface area (Å²) in [7, 11) is 3.23. The van der Waals surface area contributed by atoms with Crippen LogP contribution in [0.15, 0.2) is 0 Å². The predicted octanol–water partition coefficient (Wildman–Crippen LogP) is 0.287. The first kappa shape index (κ1) is 12.4. The monoisotopic (exact) mass is 217 g/mol. The van der Waals surface area contributed by atoms with E-state index in [1.54, 1.807) is 14.2 Å². The van der Waals surface area contributed by atoms with E-state index in [9.17, 15) is 4.79 Å². The van der Waals surface area contributed by atoms with E-state index in [-0.39, 0.29) is 30.4 Å². The van der Waals surface area contributed by atoms with E-state index in [0.29, 0.717) is 6.42 Å². The van der Waals surface area contributed by atoms with Crippen LogP contribution in [0.3, 0.4) is 0 Å². The van der Waals surface area contributed by atoms with Crippen molar-refractivity contribution in [1.82, 2.24) is 5.32 Å². The first-order valence-corrected chi connectivity index (χ1v) is 5.06. The molecule has 0 aromatic carbocycles. The number of rotatable bonds is 3. The van der Waals surface area contributed by atoms with E-state index in [1.165, 1.54) is 6.92 Å². The minimum Gasteiger partial charge on any atom is -0.379 e. The van der Waals surface area contributed by atoms with Crippen LogP contribution in [0.5, 0.6) is 0 Å². The standard InChI is InChI=1S/C10H19NO4/c1-6-10(11-7(2)12)8(13-3)5-9(14-4)15-6/h6,8-10H,5H2,1-4H3,(H,11,12)/t6-,8+,9+,10-/m1/s1. The summed E-state index contributed by atoms with van der Waals surface area (Å²) in [4.78, 5) is 11.0. The van der Waals surface area contributed by atoms with E-state index in [4.69, 9.17) is 14.2 Å². The zero-order chi connectivity index (χ0) is 11.4. The predicted molar refractivity (Wildman–Crippen MR) is 54.4 cm³/mol. The lowest BCUT2D eigenvalue weighted by atomic mass is 9.99. The van der Waals surface area contributed by atoms with Gasteiger partial charge in [-0.2, -0.15) is 0 Å². The Kier molecular flexibility index (Phi) is 4.50. The number of ether oxygens (including phenoxy) is 3. The normalized spacial score (nSPS) is 36.3. The van der Waals surface area contributed by atoms with Crippen molar-refractivity contribution >= 4 is 5.91 Å². The minimum atomic E-state index is -0.255. The number of amides is 1. The van der Waals surface area contributed by atoms with Gasteiger partial charge in [-0.15, -0.1) is 0 Å². The Morgan fingerprint density at radius 1 is 1.40 bits per heavy atom. The maximum Gasteiger partial charge on any atom is 0.217 e. The lowest BCUT2D eigenvalue weighted by Gasteiger charge is -2.39. The number of carbonyl (C=O) groups is 1. The summed E-state index contributed by atoms with van der Waals surface area (Å²) in [5.74, 6) is -0.0756. The SMILES string of the molecule is CO[C@@H]1C[C@H](OC)[C@H](NC(C)=O)[C@@H](C)O1. The number of methoxy groups -OCH3 is 2. The quantitative estimate of drug-likeness (QED) is 0.738. The Morgan fingerprint density at radius 3 is 2.53 bits per heavy atom. The maximum absolute atomic E-state index is 11.0. The van der Waals surface area contributed by atoms with Crippen molar-refractivity contribution in [2.24, 2.45) is 0 Å². The molecule has 4 atom stereocenters. The second-order valence-corrected chi connectivity index (χ2v) is 3.74. The van der Waals surface area contributed by atoms with Crippen LogP contribution in [0.25, 0.3) is 0 Å². The van der Waals surface area contributed by atoms with Crippen molar-refractivity contribution in [3.63, 3.8) is 0 Å². The largest absolute Gasteiger partial charge is 0.379 e. The lowest BCUT2D eigenvalue weighted by Crippen LogP contribution is -2.56. The van der Waals surface area contributed by atoms with Gasteiger partial charge in [0.15, 0.2) is 6.29 Å². The molecule has 5 nitrogen and oxygen atoms in total. The van der Waals surface area contributed by atoms with Gasteiger partial charge in [-0.1, -0.05) is 0 Å². The van der Waals surface area contributed by atoms with Gasteiger partial charge in [-0.3, -0.25) is 4.79 Å². The van der Waals surface area contributed by atoms with Crippen LogP contribution in [0.1, 0.15) is 20.3 Å². The van der Waals surface area contributed by atoms with Crippen molar-refractivity contribution < 1.29 is 19.0 Å². The summed E-state index contributed by atoms with van der Waals surface area (Å²) in [6.45, 7) is 3.39. The first-order valence-electron chi connectivity index (χ1n) is 5.06. The lowest BCUT2D eigenvalue weighted by molar-refractivity contribution is -0.214. The van der Waals surface area contributed by atoms with Crippen LogP contribution < -0.4 is 5.32 Å². The highest BCUT2D eigenvalue weighted by Gasteiger charge is 2.37. The number of hydrogen-bond donors (Lipinski definition) is 1. The highest BCUT2D eigenvalue weighted by Crippen LogP contribution is 2.22. The smallest absolute Gasteiger partial charge is 0.217 e. The average molecular weight is 217 g/mol. The molecule has 1 N–H and O–H groups in total. The molecule has 1 heterocycles. The van der Waals surface area contributed by atoms with Crippen LogP contribution in [0.2, 0.25) is 0 Å². The van der Waals surface area contributed by atoms with Crippen molar-refractivity contribution in [2.45, 2.75) is 44.8 Å². The molecule has 5 heteroatoms. The van der Waals surface area contributed by atoms with Crippen molar-refractivity contribution in [3.8, 4) is 0 Å². The van der Waals surface area contributed by atoms with Crippen LogP contribution >= 0.6 is 0 Å². The fourth-order valence-electron chi connectivity index (χ4n) is 1.86. The molecule has 0 spiro atoms. The Bertz CT molecular complexity index is 221. The summed E-state index contributed by atoms with van der Waals surface area (Å²) < 4.78 is 16.0. The van der Waals surface area contributed by atoms with Crippen molar-refractivity contribution in [1.29, 1.82) is 0 Å². The molecule has 1 amide bonds. The fraction of sp³-hybridized carbons (Fsp3) is 0.900. The summed E-state index contributed by atoms with van der Waals surface area (Å²) >= 11 is 0. The Balaban J connectivity index is 2.64. The van der Waals surface area contributed by atoms with Gasteiger partial charge in [0.25, 0.3) is 0 Å². The van der Waals surface area contributed by atoms with Crippen LogP contribution in [-0.2, 0) is 19.0 Å². The molecule has 0 unspecified atom stereocenters. The van der Waals surface area contributed by atoms with Gasteiger partial charge in [0.05, 0.1) is 18.2 Å². The number of hydrogen-bond acceptors (Lipinski definition) is 4. The van der Waals surface area contributed by atoms with Gasteiger partial charge in [0.2, 0.25) is 5.91 Å². The number of carbonyl (C=O) groups excluding carboxylic acids is 1. The van der Waals surface area contributed by atoms with Gasteiger partial charge in [0.1, 0.15) is 0 Å². The van der Waals surface area contributed by atoms with E-state index >= 15 is 0 Å². The Morgan fingerprint density at radius 2 is 2.07 bits per heavy atom. The summed E-state index contributed by atoms with van der Waals surface area (Å²) in [5.41, 5.74) is 0. The zero-order valence-corrected chi connectivity index (χ0v) is 9.65. The molecule has 0 saturated carbocycles. The first-order chi connectivity index (χ1) is 7.08. The molecule has 0 radical (unpaired) electrons. The fourth-order valence-corrected chi connectivity index (χ4v) is 1.86. The summed E-state index contributed by atoms with van der Waals surface area (Å²) in [6.07, 6.45) is 0.192. The van der Waals surface area contributed by atoms with Crippen LogP contribution in [0, 0.1) is 0 Å². The summed E-state index contributed by atoms with van der Waals surface area (Å²) in [5, 5.41) is 2.83. The van der Waals surface area contributed by atoms with Crippen LogP contribution in [-0.4, -0.2) is 44.7 Å². The molecule has 1 rings (SSSR count). The summed E-state index contributed by atoms with van der Waals surface area (Å²) in [6, 6.07) is -0.112. The van der Waals surface area contributed by atoms with E-state index in [1.807, 2.05) is 6.92 Å². The second-order valence-electron chi connectivity index (χ2n) is 3.74. The van der Waals surface area contributed by atoms with Gasteiger partial charge in [-0.25, -0.2) is 0 Å². The molecule has 1 aliphatic heterocycles. The zero-order valence-electron chi connectivity index (χ0n) is 9.65.